The van der Waals surface area contributed by atoms with Crippen molar-refractivity contribution in [2.24, 2.45) is 0 Å². The van der Waals surface area contributed by atoms with Crippen LogP contribution in [0.3, 0.4) is 0 Å². The molecule has 3 rings (SSSR count). The lowest BCUT2D eigenvalue weighted by Gasteiger charge is -2.32. The van der Waals surface area contributed by atoms with Crippen LogP contribution < -0.4 is 4.74 Å². The van der Waals surface area contributed by atoms with Gasteiger partial charge in [-0.1, -0.05) is 17.7 Å². The molecule has 1 aliphatic rings. The molecule has 25 heavy (non-hydrogen) atoms. The van der Waals surface area contributed by atoms with Gasteiger partial charge in [0.2, 0.25) is 0 Å². The quantitative estimate of drug-likeness (QED) is 0.758. The average molecular weight is 340 g/mol. The van der Waals surface area contributed by atoms with Crippen molar-refractivity contribution in [3.8, 4) is 5.75 Å². The van der Waals surface area contributed by atoms with Gasteiger partial charge in [-0.2, -0.15) is 0 Å². The Morgan fingerprint density at radius 3 is 2.76 bits per heavy atom. The highest BCUT2D eigenvalue weighted by atomic mass is 16.5. The molecule has 0 atom stereocenters. The van der Waals surface area contributed by atoms with E-state index in [1.807, 2.05) is 48.2 Å². The smallest absolute Gasteiger partial charge is 0.253 e. The molecule has 1 amide bonds. The van der Waals surface area contributed by atoms with E-state index in [4.69, 9.17) is 9.47 Å². The predicted octanol–water partition coefficient (Wildman–Crippen LogP) is 3.09. The van der Waals surface area contributed by atoms with Crippen LogP contribution in [0, 0.1) is 6.92 Å². The summed E-state index contributed by atoms with van der Waals surface area (Å²) in [7, 11) is 0. The molecule has 1 fully saturated rings. The Kier molecular flexibility index (Phi) is 6.01. The van der Waals surface area contributed by atoms with Crippen LogP contribution in [0.2, 0.25) is 0 Å². The van der Waals surface area contributed by atoms with Crippen molar-refractivity contribution < 1.29 is 14.3 Å². The molecule has 1 aromatic heterocycles. The van der Waals surface area contributed by atoms with Gasteiger partial charge in [0, 0.05) is 24.8 Å². The van der Waals surface area contributed by atoms with E-state index in [1.54, 1.807) is 12.4 Å². The summed E-state index contributed by atoms with van der Waals surface area (Å²) in [6, 6.07) is 11.5. The number of hydrogen-bond acceptors (Lipinski definition) is 4. The molecule has 5 nitrogen and oxygen atoms in total. The van der Waals surface area contributed by atoms with Crippen LogP contribution >= 0.6 is 0 Å². The van der Waals surface area contributed by atoms with Gasteiger partial charge >= 0.3 is 0 Å². The Morgan fingerprint density at radius 2 is 2.04 bits per heavy atom. The van der Waals surface area contributed by atoms with E-state index in [2.05, 4.69) is 4.98 Å². The van der Waals surface area contributed by atoms with Crippen LogP contribution in [0.4, 0.5) is 0 Å². The topological polar surface area (TPSA) is 51.7 Å². The number of pyridine rings is 1. The van der Waals surface area contributed by atoms with Crippen molar-refractivity contribution in [3.05, 3.63) is 59.9 Å². The monoisotopic (exact) mass is 340 g/mol. The van der Waals surface area contributed by atoms with Gasteiger partial charge in [0.25, 0.3) is 5.91 Å². The standard InChI is InChI=1S/C20H24N2O3/c1-16-4-2-5-17(14-16)20(23)22-10-7-18(8-11-22)24-12-13-25-19-6-3-9-21-15-19/h2-6,9,14-15,18H,7-8,10-13H2,1H3. The van der Waals surface area contributed by atoms with E-state index in [0.717, 1.165) is 42.8 Å². The summed E-state index contributed by atoms with van der Waals surface area (Å²) in [5.74, 6) is 0.867. The number of carbonyl (C=O) groups is 1. The van der Waals surface area contributed by atoms with Crippen molar-refractivity contribution >= 4 is 5.91 Å². The number of nitrogens with zero attached hydrogens (tertiary/aromatic N) is 2. The SMILES string of the molecule is Cc1cccc(C(=O)N2CCC(OCCOc3cccnc3)CC2)c1. The summed E-state index contributed by atoms with van der Waals surface area (Å²) in [6.45, 7) is 4.53. The van der Waals surface area contributed by atoms with E-state index >= 15 is 0 Å². The van der Waals surface area contributed by atoms with E-state index in [1.165, 1.54) is 0 Å². The number of carbonyl (C=O) groups excluding carboxylic acids is 1. The van der Waals surface area contributed by atoms with Crippen molar-refractivity contribution in [3.63, 3.8) is 0 Å². The van der Waals surface area contributed by atoms with Crippen LogP contribution in [0.1, 0.15) is 28.8 Å². The van der Waals surface area contributed by atoms with E-state index in [0.29, 0.717) is 13.2 Å². The number of piperidine rings is 1. The molecule has 132 valence electrons. The molecule has 5 heteroatoms. The highest BCUT2D eigenvalue weighted by molar-refractivity contribution is 5.94. The Bertz CT molecular complexity index is 682. The molecule has 0 N–H and O–H groups in total. The van der Waals surface area contributed by atoms with Crippen molar-refractivity contribution in [1.29, 1.82) is 0 Å². The zero-order valence-corrected chi connectivity index (χ0v) is 14.6. The van der Waals surface area contributed by atoms with E-state index in [-0.39, 0.29) is 12.0 Å². The zero-order valence-electron chi connectivity index (χ0n) is 14.6. The second kappa shape index (κ2) is 8.62. The number of amides is 1. The first-order valence-corrected chi connectivity index (χ1v) is 8.73. The van der Waals surface area contributed by atoms with Crippen LogP contribution in [0.25, 0.3) is 0 Å². The maximum atomic E-state index is 12.5. The van der Waals surface area contributed by atoms with Gasteiger partial charge in [0.1, 0.15) is 12.4 Å². The minimum absolute atomic E-state index is 0.113. The van der Waals surface area contributed by atoms with Crippen LogP contribution in [-0.4, -0.2) is 48.2 Å². The fraction of sp³-hybridized carbons (Fsp3) is 0.400. The fourth-order valence-corrected chi connectivity index (χ4v) is 2.99. The molecular weight excluding hydrogens is 316 g/mol. The summed E-state index contributed by atoms with van der Waals surface area (Å²) in [4.78, 5) is 18.5. The third kappa shape index (κ3) is 5.03. The lowest BCUT2D eigenvalue weighted by Crippen LogP contribution is -2.41. The van der Waals surface area contributed by atoms with Gasteiger partial charge in [-0.3, -0.25) is 9.78 Å². The number of likely N-dealkylation sites (tertiary alicyclic amines) is 1. The molecule has 0 spiro atoms. The number of aryl methyl sites for hydroxylation is 1. The molecular formula is C20H24N2O3. The summed E-state index contributed by atoms with van der Waals surface area (Å²) in [6.07, 6.45) is 5.33. The normalized spacial score (nSPS) is 15.2. The third-order valence-electron chi connectivity index (χ3n) is 4.33. The van der Waals surface area contributed by atoms with Crippen LogP contribution in [0.15, 0.2) is 48.8 Å². The Balaban J connectivity index is 1.38. The minimum atomic E-state index is 0.113. The Morgan fingerprint density at radius 1 is 1.20 bits per heavy atom. The second-order valence-electron chi connectivity index (χ2n) is 6.27. The van der Waals surface area contributed by atoms with Crippen LogP contribution in [-0.2, 0) is 4.74 Å². The first-order valence-electron chi connectivity index (χ1n) is 8.73. The first kappa shape index (κ1) is 17.4. The molecule has 2 aromatic rings. The van der Waals surface area contributed by atoms with E-state index < -0.39 is 0 Å². The van der Waals surface area contributed by atoms with E-state index in [9.17, 15) is 4.79 Å². The minimum Gasteiger partial charge on any atom is -0.490 e. The highest BCUT2D eigenvalue weighted by Crippen LogP contribution is 2.17. The van der Waals surface area contributed by atoms with Crippen LogP contribution in [0.5, 0.6) is 5.75 Å². The van der Waals surface area contributed by atoms with Gasteiger partial charge in [0.15, 0.2) is 0 Å². The number of hydrogen-bond donors (Lipinski definition) is 0. The summed E-state index contributed by atoms with van der Waals surface area (Å²) >= 11 is 0. The molecule has 0 aliphatic carbocycles. The predicted molar refractivity (Wildman–Crippen MR) is 95.8 cm³/mol. The number of aromatic nitrogens is 1. The first-order chi connectivity index (χ1) is 12.2. The molecule has 1 aromatic carbocycles. The zero-order chi connectivity index (χ0) is 17.5. The summed E-state index contributed by atoms with van der Waals surface area (Å²) in [5, 5.41) is 0. The maximum absolute atomic E-state index is 12.5. The lowest BCUT2D eigenvalue weighted by molar-refractivity contribution is -0.00241. The van der Waals surface area contributed by atoms with Gasteiger partial charge in [-0.25, -0.2) is 0 Å². The third-order valence-corrected chi connectivity index (χ3v) is 4.33. The molecule has 0 unspecified atom stereocenters. The average Bonchev–Trinajstić information content (AvgIpc) is 2.66. The van der Waals surface area contributed by atoms with Gasteiger partial charge < -0.3 is 14.4 Å². The van der Waals surface area contributed by atoms with Crippen molar-refractivity contribution in [2.75, 3.05) is 26.3 Å². The molecule has 0 radical (unpaired) electrons. The second-order valence-corrected chi connectivity index (χ2v) is 6.27. The van der Waals surface area contributed by atoms with Crippen molar-refractivity contribution in [2.45, 2.75) is 25.9 Å². The van der Waals surface area contributed by atoms with Gasteiger partial charge in [0.05, 0.1) is 18.9 Å². The molecule has 1 aliphatic heterocycles. The maximum Gasteiger partial charge on any atom is 0.253 e. The molecule has 0 bridgehead atoms. The molecule has 2 heterocycles. The lowest BCUT2D eigenvalue weighted by atomic mass is 10.1. The summed E-state index contributed by atoms with van der Waals surface area (Å²) < 4.78 is 11.4. The Labute approximate surface area is 148 Å². The number of rotatable bonds is 6. The number of ether oxygens (including phenoxy) is 2. The van der Waals surface area contributed by atoms with Gasteiger partial charge in [-0.05, 0) is 44.0 Å². The van der Waals surface area contributed by atoms with Crippen molar-refractivity contribution in [1.82, 2.24) is 9.88 Å². The highest BCUT2D eigenvalue weighted by Gasteiger charge is 2.24. The van der Waals surface area contributed by atoms with Gasteiger partial charge in [-0.15, -0.1) is 0 Å². The molecule has 0 saturated carbocycles. The Hall–Kier alpha value is -2.40. The summed E-state index contributed by atoms with van der Waals surface area (Å²) in [5.41, 5.74) is 1.88. The fourth-order valence-electron chi connectivity index (χ4n) is 2.99. The molecule has 1 saturated heterocycles. The number of benzene rings is 1. The largest absolute Gasteiger partial charge is 0.490 e.